The Bertz CT molecular complexity index is 1020. The van der Waals surface area contributed by atoms with Crippen molar-refractivity contribution in [3.8, 4) is 0 Å². The molecule has 2 heterocycles. The second kappa shape index (κ2) is 8.94. The van der Waals surface area contributed by atoms with Gasteiger partial charge in [0.25, 0.3) is 5.91 Å². The molecule has 2 aliphatic rings. The first kappa shape index (κ1) is 21.7. The molecule has 8 heteroatoms. The summed E-state index contributed by atoms with van der Waals surface area (Å²) < 4.78 is 0. The number of benzodiazepines with no additional fused rings is 1. The molecule has 0 aromatic heterocycles. The number of amides is 1. The largest absolute Gasteiger partial charge is 0.346 e. The molecule has 2 N–H and O–H groups in total. The summed E-state index contributed by atoms with van der Waals surface area (Å²) in [6.07, 6.45) is -0.834. The highest BCUT2D eigenvalue weighted by Gasteiger charge is 2.32. The van der Waals surface area contributed by atoms with Gasteiger partial charge in [0.15, 0.2) is 5.11 Å². The second-order valence-electron chi connectivity index (χ2n) is 8.13. The number of carbonyl (C=O) groups excluding carboxylic acids is 1. The number of hydrogen-bond donors (Lipinski definition) is 2. The molecule has 3 unspecified atom stereocenters. The monoisotopic (exact) mass is 455 g/mol. The number of fused-ring (bicyclic) bond motifs is 1. The summed E-state index contributed by atoms with van der Waals surface area (Å²) in [5.41, 5.74) is 3.19. The molecule has 3 atom stereocenters. The van der Waals surface area contributed by atoms with E-state index in [1.807, 2.05) is 42.5 Å². The lowest BCUT2D eigenvalue weighted by molar-refractivity contribution is -0.119. The number of nitrogens with zero attached hydrogens (tertiary/aromatic N) is 3. The van der Waals surface area contributed by atoms with Crippen LogP contribution in [0.25, 0.3) is 0 Å². The summed E-state index contributed by atoms with van der Waals surface area (Å²) in [5.74, 6) is -0.173. The molecule has 6 nitrogen and oxygen atoms in total. The Morgan fingerprint density at radius 3 is 2.52 bits per heavy atom. The molecule has 0 radical (unpaired) electrons. The summed E-state index contributed by atoms with van der Waals surface area (Å²) in [7, 11) is 1.76. The predicted octanol–water partition coefficient (Wildman–Crippen LogP) is 3.04. The molecule has 4 rings (SSSR count). The molecule has 162 valence electrons. The maximum Gasteiger partial charge on any atom is 0.272 e. The molecule has 2 aromatic carbocycles. The molecule has 0 saturated carbocycles. The van der Waals surface area contributed by atoms with Gasteiger partial charge in [-0.1, -0.05) is 41.9 Å². The molecule has 1 saturated heterocycles. The Balaban J connectivity index is 1.72. The summed E-state index contributed by atoms with van der Waals surface area (Å²) in [6, 6.07) is 15.9. The maximum absolute atomic E-state index is 13.3. The van der Waals surface area contributed by atoms with Gasteiger partial charge in [0, 0.05) is 48.4 Å². The lowest BCUT2D eigenvalue weighted by atomic mass is 10.0. The standard InChI is InChI=1S/C23H26ClN5OS/c1-14-12-29(13-15(2)25-14)23(31)27-21-22(30)28(3)19-10-9-17(24)11-18(19)20(26-21)16-7-5-4-6-8-16/h4-11,14-15,21,25H,12-13H2,1-3H3,(H,27,31). The molecule has 0 spiro atoms. The van der Waals surface area contributed by atoms with Gasteiger partial charge in [-0.15, -0.1) is 0 Å². The van der Waals surface area contributed by atoms with Crippen molar-refractivity contribution in [1.29, 1.82) is 0 Å². The van der Waals surface area contributed by atoms with Gasteiger partial charge in [-0.05, 0) is 44.3 Å². The van der Waals surface area contributed by atoms with E-state index in [9.17, 15) is 4.79 Å². The van der Waals surface area contributed by atoms with Crippen LogP contribution in [0.15, 0.2) is 53.5 Å². The maximum atomic E-state index is 13.3. The summed E-state index contributed by atoms with van der Waals surface area (Å²) in [5, 5.41) is 7.84. The van der Waals surface area contributed by atoms with Crippen molar-refractivity contribution in [2.75, 3.05) is 25.0 Å². The predicted molar refractivity (Wildman–Crippen MR) is 130 cm³/mol. The molecule has 1 amide bonds. The average molecular weight is 456 g/mol. The van der Waals surface area contributed by atoms with Crippen LogP contribution in [0, 0.1) is 0 Å². The minimum Gasteiger partial charge on any atom is -0.346 e. The minimum atomic E-state index is -0.834. The fourth-order valence-electron chi connectivity index (χ4n) is 4.17. The average Bonchev–Trinajstić information content (AvgIpc) is 2.84. The number of hydrogen-bond acceptors (Lipinski definition) is 4. The molecular formula is C23H26ClN5OS. The van der Waals surface area contributed by atoms with Gasteiger partial charge < -0.3 is 20.4 Å². The fourth-order valence-corrected chi connectivity index (χ4v) is 4.60. The first-order chi connectivity index (χ1) is 14.8. The zero-order valence-electron chi connectivity index (χ0n) is 17.8. The molecule has 0 aliphatic carbocycles. The minimum absolute atomic E-state index is 0.173. The Morgan fingerprint density at radius 2 is 1.84 bits per heavy atom. The van der Waals surface area contributed by atoms with Gasteiger partial charge in [-0.2, -0.15) is 0 Å². The van der Waals surface area contributed by atoms with E-state index in [0.717, 1.165) is 29.9 Å². The van der Waals surface area contributed by atoms with Gasteiger partial charge in [0.05, 0.1) is 11.4 Å². The van der Waals surface area contributed by atoms with Crippen molar-refractivity contribution in [3.63, 3.8) is 0 Å². The van der Waals surface area contributed by atoms with Crippen molar-refractivity contribution in [3.05, 3.63) is 64.7 Å². The lowest BCUT2D eigenvalue weighted by Gasteiger charge is -2.38. The van der Waals surface area contributed by atoms with Crippen LogP contribution >= 0.6 is 23.8 Å². The Kier molecular flexibility index (Phi) is 6.27. The van der Waals surface area contributed by atoms with E-state index in [0.29, 0.717) is 27.9 Å². The Hall–Kier alpha value is -2.48. The van der Waals surface area contributed by atoms with Crippen LogP contribution in [-0.2, 0) is 4.79 Å². The van der Waals surface area contributed by atoms with E-state index in [1.54, 1.807) is 18.0 Å². The van der Waals surface area contributed by atoms with Crippen molar-refractivity contribution in [2.24, 2.45) is 4.99 Å². The highest BCUT2D eigenvalue weighted by Crippen LogP contribution is 2.30. The molecule has 0 bridgehead atoms. The molecular weight excluding hydrogens is 430 g/mol. The third kappa shape index (κ3) is 4.59. The van der Waals surface area contributed by atoms with E-state index >= 15 is 0 Å². The molecule has 2 aliphatic heterocycles. The first-order valence-electron chi connectivity index (χ1n) is 10.4. The highest BCUT2D eigenvalue weighted by atomic mass is 35.5. The number of anilines is 1. The van der Waals surface area contributed by atoms with Crippen LogP contribution in [0.2, 0.25) is 5.02 Å². The zero-order chi connectivity index (χ0) is 22.1. The van der Waals surface area contributed by atoms with E-state index < -0.39 is 6.17 Å². The van der Waals surface area contributed by atoms with E-state index in [-0.39, 0.29) is 5.91 Å². The van der Waals surface area contributed by atoms with Gasteiger partial charge in [0.2, 0.25) is 6.17 Å². The number of carbonyl (C=O) groups is 1. The van der Waals surface area contributed by atoms with E-state index in [2.05, 4.69) is 29.4 Å². The normalized spacial score (nSPS) is 23.7. The van der Waals surface area contributed by atoms with Crippen LogP contribution in [0.1, 0.15) is 25.0 Å². The second-order valence-corrected chi connectivity index (χ2v) is 8.95. The van der Waals surface area contributed by atoms with Gasteiger partial charge in [-0.25, -0.2) is 4.99 Å². The quantitative estimate of drug-likeness (QED) is 0.681. The van der Waals surface area contributed by atoms with E-state index in [4.69, 9.17) is 28.8 Å². The number of rotatable bonds is 2. The number of halogens is 1. The van der Waals surface area contributed by atoms with Crippen LogP contribution in [-0.4, -0.2) is 60.0 Å². The van der Waals surface area contributed by atoms with Gasteiger partial charge in [-0.3, -0.25) is 4.79 Å². The Morgan fingerprint density at radius 1 is 1.16 bits per heavy atom. The SMILES string of the molecule is CC1CN(C(=S)NC2N=C(c3ccccc3)c3cc(Cl)ccc3N(C)C2=O)CC(C)N1. The van der Waals surface area contributed by atoms with Crippen LogP contribution < -0.4 is 15.5 Å². The number of benzene rings is 2. The van der Waals surface area contributed by atoms with Crippen molar-refractivity contribution in [1.82, 2.24) is 15.5 Å². The van der Waals surface area contributed by atoms with Crippen molar-refractivity contribution in [2.45, 2.75) is 32.1 Å². The topological polar surface area (TPSA) is 60.0 Å². The smallest absolute Gasteiger partial charge is 0.272 e. The highest BCUT2D eigenvalue weighted by molar-refractivity contribution is 7.80. The summed E-state index contributed by atoms with van der Waals surface area (Å²) in [4.78, 5) is 21.9. The van der Waals surface area contributed by atoms with Crippen molar-refractivity contribution >= 4 is 46.2 Å². The molecule has 1 fully saturated rings. The van der Waals surface area contributed by atoms with Crippen LogP contribution in [0.5, 0.6) is 0 Å². The number of thiocarbonyl (C=S) groups is 1. The van der Waals surface area contributed by atoms with Gasteiger partial charge in [0.1, 0.15) is 0 Å². The summed E-state index contributed by atoms with van der Waals surface area (Å²) >= 11 is 12.0. The van der Waals surface area contributed by atoms with E-state index in [1.165, 1.54) is 0 Å². The van der Waals surface area contributed by atoms with Gasteiger partial charge >= 0.3 is 0 Å². The first-order valence-corrected chi connectivity index (χ1v) is 11.1. The zero-order valence-corrected chi connectivity index (χ0v) is 19.4. The van der Waals surface area contributed by atoms with Crippen molar-refractivity contribution < 1.29 is 4.79 Å². The Labute approximate surface area is 193 Å². The third-order valence-electron chi connectivity index (χ3n) is 5.55. The fraction of sp³-hybridized carbons (Fsp3) is 0.348. The number of piperazine rings is 1. The van der Waals surface area contributed by atoms with Crippen LogP contribution in [0.4, 0.5) is 5.69 Å². The lowest BCUT2D eigenvalue weighted by Crippen LogP contribution is -2.59. The molecule has 31 heavy (non-hydrogen) atoms. The molecule has 2 aromatic rings. The number of aliphatic imine (C=N–C) groups is 1. The number of likely N-dealkylation sites (N-methyl/N-ethyl adjacent to an activating group) is 1. The number of nitrogens with one attached hydrogen (secondary N) is 2. The van der Waals surface area contributed by atoms with Crippen LogP contribution in [0.3, 0.4) is 0 Å². The summed E-state index contributed by atoms with van der Waals surface area (Å²) in [6.45, 7) is 5.81. The third-order valence-corrected chi connectivity index (χ3v) is 6.16.